The predicted molar refractivity (Wildman–Crippen MR) is 73.5 cm³/mol. The van der Waals surface area contributed by atoms with E-state index < -0.39 is 0 Å². The van der Waals surface area contributed by atoms with E-state index in [0.717, 1.165) is 19.5 Å². The van der Waals surface area contributed by atoms with Gasteiger partial charge in [-0.15, -0.1) is 0 Å². The molecular weight excluding hydrogens is 228 g/mol. The van der Waals surface area contributed by atoms with Crippen molar-refractivity contribution in [2.24, 2.45) is 11.8 Å². The highest BCUT2D eigenvalue weighted by Crippen LogP contribution is 2.24. The molecule has 4 nitrogen and oxygen atoms in total. The molecule has 106 valence electrons. The number of carbonyl (C=O) groups excluding carboxylic acids is 1. The van der Waals surface area contributed by atoms with Crippen molar-refractivity contribution in [3.8, 4) is 0 Å². The molecule has 2 unspecified atom stereocenters. The van der Waals surface area contributed by atoms with Gasteiger partial charge in [-0.1, -0.05) is 13.8 Å². The summed E-state index contributed by atoms with van der Waals surface area (Å²) in [4.78, 5) is 12.0. The van der Waals surface area contributed by atoms with Gasteiger partial charge in [-0.05, 0) is 44.2 Å². The van der Waals surface area contributed by atoms with Gasteiger partial charge in [0, 0.05) is 13.5 Å². The normalized spacial score (nSPS) is 20.4. The lowest BCUT2D eigenvalue weighted by Crippen LogP contribution is -2.39. The van der Waals surface area contributed by atoms with E-state index >= 15 is 0 Å². The Morgan fingerprint density at radius 3 is 2.67 bits per heavy atom. The van der Waals surface area contributed by atoms with Crippen LogP contribution in [-0.2, 0) is 9.53 Å². The summed E-state index contributed by atoms with van der Waals surface area (Å²) in [6.45, 7) is 7.06. The van der Waals surface area contributed by atoms with Crippen LogP contribution in [0.3, 0.4) is 0 Å². The van der Waals surface area contributed by atoms with Crippen molar-refractivity contribution in [1.82, 2.24) is 10.6 Å². The highest BCUT2D eigenvalue weighted by atomic mass is 16.5. The van der Waals surface area contributed by atoms with E-state index in [0.29, 0.717) is 24.9 Å². The molecule has 18 heavy (non-hydrogen) atoms. The number of carbonyl (C=O) groups is 1. The topological polar surface area (TPSA) is 50.4 Å². The number of ether oxygens (including phenoxy) is 1. The van der Waals surface area contributed by atoms with Gasteiger partial charge < -0.3 is 15.4 Å². The molecule has 0 aromatic rings. The minimum absolute atomic E-state index is 0.155. The summed E-state index contributed by atoms with van der Waals surface area (Å²) >= 11 is 0. The standard InChI is InChI=1S/C14H28N2O2/c1-4-13(10-18-3)16-14(17)9-11(2)12-5-7-15-8-6-12/h11-13,15H,4-10H2,1-3H3,(H,16,17). The monoisotopic (exact) mass is 256 g/mol. The van der Waals surface area contributed by atoms with Crippen molar-refractivity contribution in [3.05, 3.63) is 0 Å². The average molecular weight is 256 g/mol. The van der Waals surface area contributed by atoms with Gasteiger partial charge in [-0.25, -0.2) is 0 Å². The summed E-state index contributed by atoms with van der Waals surface area (Å²) in [6.07, 6.45) is 3.96. The zero-order valence-electron chi connectivity index (χ0n) is 12.0. The Bertz CT molecular complexity index is 240. The molecule has 0 aromatic carbocycles. The van der Waals surface area contributed by atoms with Crippen molar-refractivity contribution in [2.75, 3.05) is 26.8 Å². The number of methoxy groups -OCH3 is 1. The van der Waals surface area contributed by atoms with E-state index in [9.17, 15) is 4.79 Å². The Balaban J connectivity index is 2.29. The van der Waals surface area contributed by atoms with E-state index in [1.54, 1.807) is 7.11 Å². The van der Waals surface area contributed by atoms with Crippen LogP contribution in [0.4, 0.5) is 0 Å². The van der Waals surface area contributed by atoms with Crippen LogP contribution in [0.5, 0.6) is 0 Å². The lowest BCUT2D eigenvalue weighted by atomic mass is 9.84. The molecule has 1 saturated heterocycles. The van der Waals surface area contributed by atoms with Crippen molar-refractivity contribution in [3.63, 3.8) is 0 Å². The van der Waals surface area contributed by atoms with Crippen molar-refractivity contribution < 1.29 is 9.53 Å². The van der Waals surface area contributed by atoms with Gasteiger partial charge in [-0.3, -0.25) is 4.79 Å². The van der Waals surface area contributed by atoms with Gasteiger partial charge in [0.15, 0.2) is 0 Å². The number of hydrogen-bond acceptors (Lipinski definition) is 3. The Hall–Kier alpha value is -0.610. The van der Waals surface area contributed by atoms with E-state index in [4.69, 9.17) is 4.74 Å². The number of rotatable bonds is 7. The maximum Gasteiger partial charge on any atom is 0.220 e. The summed E-state index contributed by atoms with van der Waals surface area (Å²) in [6, 6.07) is 0.155. The van der Waals surface area contributed by atoms with E-state index in [1.165, 1.54) is 12.8 Å². The Morgan fingerprint density at radius 2 is 2.11 bits per heavy atom. The third-order valence-corrected chi connectivity index (χ3v) is 3.92. The van der Waals surface area contributed by atoms with E-state index in [-0.39, 0.29) is 11.9 Å². The lowest BCUT2D eigenvalue weighted by molar-refractivity contribution is -0.123. The van der Waals surface area contributed by atoms with Crippen molar-refractivity contribution >= 4 is 5.91 Å². The zero-order valence-corrected chi connectivity index (χ0v) is 12.0. The number of amides is 1. The molecule has 1 rings (SSSR count). The third-order valence-electron chi connectivity index (χ3n) is 3.92. The van der Waals surface area contributed by atoms with E-state index in [2.05, 4.69) is 24.5 Å². The molecule has 0 bridgehead atoms. The van der Waals surface area contributed by atoms with Gasteiger partial charge in [0.05, 0.1) is 12.6 Å². The second kappa shape index (κ2) is 8.48. The minimum Gasteiger partial charge on any atom is -0.383 e. The maximum absolute atomic E-state index is 12.0. The van der Waals surface area contributed by atoms with Crippen LogP contribution in [0, 0.1) is 11.8 Å². The molecule has 2 N–H and O–H groups in total. The SMILES string of the molecule is CCC(COC)NC(=O)CC(C)C1CCNCC1. The van der Waals surface area contributed by atoms with Gasteiger partial charge in [0.25, 0.3) is 0 Å². The summed E-state index contributed by atoms with van der Waals surface area (Å²) < 4.78 is 5.09. The number of hydrogen-bond donors (Lipinski definition) is 2. The van der Waals surface area contributed by atoms with Crippen LogP contribution in [0.25, 0.3) is 0 Å². The van der Waals surface area contributed by atoms with Crippen LogP contribution in [0.2, 0.25) is 0 Å². The minimum atomic E-state index is 0.155. The fourth-order valence-electron chi connectivity index (χ4n) is 2.62. The summed E-state index contributed by atoms with van der Waals surface area (Å²) in [5, 5.41) is 6.42. The molecule has 1 aliphatic rings. The first-order valence-corrected chi connectivity index (χ1v) is 7.16. The molecule has 1 heterocycles. The number of nitrogens with one attached hydrogen (secondary N) is 2. The molecule has 0 spiro atoms. The quantitative estimate of drug-likeness (QED) is 0.726. The van der Waals surface area contributed by atoms with Crippen LogP contribution in [-0.4, -0.2) is 38.8 Å². The van der Waals surface area contributed by atoms with Gasteiger partial charge in [-0.2, -0.15) is 0 Å². The summed E-state index contributed by atoms with van der Waals surface area (Å²) in [7, 11) is 1.67. The third kappa shape index (κ3) is 5.36. The molecule has 0 aliphatic carbocycles. The molecule has 4 heteroatoms. The molecule has 0 radical (unpaired) electrons. The first-order valence-electron chi connectivity index (χ1n) is 7.16. The van der Waals surface area contributed by atoms with Gasteiger partial charge in [0.1, 0.15) is 0 Å². The van der Waals surface area contributed by atoms with Crippen molar-refractivity contribution in [2.45, 2.75) is 45.6 Å². The second-order valence-electron chi connectivity index (χ2n) is 5.40. The highest BCUT2D eigenvalue weighted by molar-refractivity contribution is 5.76. The van der Waals surface area contributed by atoms with Crippen LogP contribution in [0.15, 0.2) is 0 Å². The fourth-order valence-corrected chi connectivity index (χ4v) is 2.62. The first-order chi connectivity index (χ1) is 8.67. The van der Waals surface area contributed by atoms with Gasteiger partial charge >= 0.3 is 0 Å². The lowest BCUT2D eigenvalue weighted by Gasteiger charge is -2.28. The summed E-state index contributed by atoms with van der Waals surface area (Å²) in [5.41, 5.74) is 0. The largest absolute Gasteiger partial charge is 0.383 e. The first kappa shape index (κ1) is 15.4. The predicted octanol–water partition coefficient (Wildman–Crippen LogP) is 1.55. The average Bonchev–Trinajstić information content (AvgIpc) is 2.39. The van der Waals surface area contributed by atoms with Gasteiger partial charge in [0.2, 0.25) is 5.91 Å². The molecule has 0 aromatic heterocycles. The summed E-state index contributed by atoms with van der Waals surface area (Å²) in [5.74, 6) is 1.34. The molecule has 0 saturated carbocycles. The molecular formula is C14H28N2O2. The fraction of sp³-hybridized carbons (Fsp3) is 0.929. The molecule has 1 aliphatic heterocycles. The zero-order chi connectivity index (χ0) is 13.4. The van der Waals surface area contributed by atoms with Crippen molar-refractivity contribution in [1.29, 1.82) is 0 Å². The molecule has 1 amide bonds. The Morgan fingerprint density at radius 1 is 1.44 bits per heavy atom. The Kier molecular flexibility index (Phi) is 7.28. The smallest absolute Gasteiger partial charge is 0.220 e. The van der Waals surface area contributed by atoms with E-state index in [1.807, 2.05) is 0 Å². The van der Waals surface area contributed by atoms with Crippen LogP contribution < -0.4 is 10.6 Å². The maximum atomic E-state index is 12.0. The van der Waals surface area contributed by atoms with Crippen LogP contribution >= 0.6 is 0 Å². The molecule has 2 atom stereocenters. The highest BCUT2D eigenvalue weighted by Gasteiger charge is 2.22. The second-order valence-corrected chi connectivity index (χ2v) is 5.40. The molecule has 1 fully saturated rings. The van der Waals surface area contributed by atoms with Crippen LogP contribution in [0.1, 0.15) is 39.5 Å². The number of piperidine rings is 1. The Labute approximate surface area is 111 Å².